The van der Waals surface area contributed by atoms with E-state index in [1.54, 1.807) is 48.6 Å². The number of hydrogen-bond acceptors (Lipinski definition) is 3. The van der Waals surface area contributed by atoms with Crippen molar-refractivity contribution in [3.05, 3.63) is 78.6 Å². The van der Waals surface area contributed by atoms with E-state index < -0.39 is 0 Å². The van der Waals surface area contributed by atoms with Crippen LogP contribution in [-0.2, 0) is 4.79 Å². The minimum Gasteiger partial charge on any atom is -0.490 e. The largest absolute Gasteiger partial charge is 0.490 e. The van der Waals surface area contributed by atoms with Crippen LogP contribution < -0.4 is 15.4 Å². The number of amides is 1. The fourth-order valence-corrected chi connectivity index (χ4v) is 2.07. The lowest BCUT2D eigenvalue weighted by Crippen LogP contribution is -2.32. The lowest BCUT2D eigenvalue weighted by Gasteiger charge is -2.09. The van der Waals surface area contributed by atoms with Crippen molar-refractivity contribution in [2.75, 3.05) is 11.9 Å². The first kappa shape index (κ1) is 18.4. The van der Waals surface area contributed by atoms with Gasteiger partial charge < -0.3 is 10.1 Å². The first-order valence-electron chi connectivity index (χ1n) is 7.46. The first-order chi connectivity index (χ1) is 12.1. The van der Waals surface area contributed by atoms with Gasteiger partial charge in [-0.3, -0.25) is 10.1 Å². The molecule has 0 bridgehead atoms. The van der Waals surface area contributed by atoms with Crippen LogP contribution in [0, 0.1) is 5.82 Å². The lowest BCUT2D eigenvalue weighted by molar-refractivity contribution is -0.115. The van der Waals surface area contributed by atoms with Crippen LogP contribution in [0.3, 0.4) is 0 Å². The number of carbonyl (C=O) groups is 1. The van der Waals surface area contributed by atoms with Gasteiger partial charge >= 0.3 is 0 Å². The summed E-state index contributed by atoms with van der Waals surface area (Å²) in [5, 5.41) is 5.61. The molecule has 0 aliphatic rings. The van der Waals surface area contributed by atoms with Gasteiger partial charge in [-0.15, -0.1) is 0 Å². The molecule has 4 nitrogen and oxygen atoms in total. The Morgan fingerprint density at radius 1 is 1.16 bits per heavy atom. The topological polar surface area (TPSA) is 50.4 Å². The van der Waals surface area contributed by atoms with E-state index in [1.165, 1.54) is 18.2 Å². The monoisotopic (exact) mass is 356 g/mol. The van der Waals surface area contributed by atoms with Gasteiger partial charge in [0.1, 0.15) is 18.2 Å². The summed E-state index contributed by atoms with van der Waals surface area (Å²) in [6.45, 7) is 4.01. The molecule has 0 aromatic heterocycles. The second-order valence-electron chi connectivity index (χ2n) is 4.95. The molecule has 1 amide bonds. The Morgan fingerprint density at radius 3 is 2.48 bits per heavy atom. The molecule has 0 saturated heterocycles. The normalized spacial score (nSPS) is 10.3. The highest BCUT2D eigenvalue weighted by atomic mass is 32.1. The van der Waals surface area contributed by atoms with Gasteiger partial charge in [0.15, 0.2) is 5.11 Å². The van der Waals surface area contributed by atoms with Crippen LogP contribution in [0.4, 0.5) is 10.1 Å². The van der Waals surface area contributed by atoms with Crippen molar-refractivity contribution in [2.24, 2.45) is 0 Å². The third-order valence-electron chi connectivity index (χ3n) is 3.01. The van der Waals surface area contributed by atoms with Crippen LogP contribution in [0.25, 0.3) is 6.08 Å². The first-order valence-corrected chi connectivity index (χ1v) is 7.87. The number of rotatable bonds is 6. The van der Waals surface area contributed by atoms with Gasteiger partial charge in [0, 0.05) is 11.8 Å². The maximum Gasteiger partial charge on any atom is 0.250 e. The van der Waals surface area contributed by atoms with E-state index in [2.05, 4.69) is 17.2 Å². The number of halogens is 1. The summed E-state index contributed by atoms with van der Waals surface area (Å²) in [7, 11) is 0. The van der Waals surface area contributed by atoms with Crippen molar-refractivity contribution in [2.45, 2.75) is 0 Å². The van der Waals surface area contributed by atoms with E-state index in [0.29, 0.717) is 17.9 Å². The Bertz CT molecular complexity index is 771. The molecule has 0 heterocycles. The van der Waals surface area contributed by atoms with Gasteiger partial charge in [0.25, 0.3) is 0 Å². The molecule has 0 atom stereocenters. The molecule has 0 spiro atoms. The van der Waals surface area contributed by atoms with E-state index in [9.17, 15) is 9.18 Å². The molecule has 2 aromatic carbocycles. The average molecular weight is 356 g/mol. The summed E-state index contributed by atoms with van der Waals surface area (Å²) in [4.78, 5) is 11.8. The van der Waals surface area contributed by atoms with Crippen LogP contribution in [0.5, 0.6) is 5.75 Å². The molecule has 2 rings (SSSR count). The maximum absolute atomic E-state index is 12.8. The fraction of sp³-hybridized carbons (Fsp3) is 0.0526. The zero-order valence-corrected chi connectivity index (χ0v) is 14.2. The molecule has 0 aliphatic carbocycles. The summed E-state index contributed by atoms with van der Waals surface area (Å²) in [5.41, 5.74) is 1.43. The van der Waals surface area contributed by atoms with Gasteiger partial charge in [0.2, 0.25) is 5.91 Å². The quantitative estimate of drug-likeness (QED) is 0.468. The number of anilines is 1. The van der Waals surface area contributed by atoms with Gasteiger partial charge in [-0.25, -0.2) is 4.39 Å². The van der Waals surface area contributed by atoms with Crippen LogP contribution in [0.2, 0.25) is 0 Å². The molecule has 2 aromatic rings. The number of nitrogens with one attached hydrogen (secondary N) is 2. The summed E-state index contributed by atoms with van der Waals surface area (Å²) >= 11 is 5.09. The minimum absolute atomic E-state index is 0.175. The highest BCUT2D eigenvalue weighted by molar-refractivity contribution is 7.80. The predicted octanol–water partition coefficient (Wildman–Crippen LogP) is 3.92. The summed E-state index contributed by atoms with van der Waals surface area (Å²) in [6, 6.07) is 12.9. The van der Waals surface area contributed by atoms with Gasteiger partial charge in [-0.05, 0) is 60.3 Å². The molecule has 2 N–H and O–H groups in total. The van der Waals surface area contributed by atoms with E-state index in [1.807, 2.05) is 0 Å². The molecular weight excluding hydrogens is 339 g/mol. The zero-order chi connectivity index (χ0) is 18.1. The molecule has 0 unspecified atom stereocenters. The second-order valence-corrected chi connectivity index (χ2v) is 5.36. The number of carbonyl (C=O) groups excluding carboxylic acids is 1. The summed E-state index contributed by atoms with van der Waals surface area (Å²) in [5.74, 6) is 0.00304. The predicted molar refractivity (Wildman–Crippen MR) is 102 cm³/mol. The Hall–Kier alpha value is -2.99. The van der Waals surface area contributed by atoms with Crippen LogP contribution >= 0.6 is 12.2 Å². The second kappa shape index (κ2) is 9.34. The summed E-state index contributed by atoms with van der Waals surface area (Å²) < 4.78 is 18.2. The Kier molecular flexibility index (Phi) is 6.86. The lowest BCUT2D eigenvalue weighted by atomic mass is 10.2. The third-order valence-corrected chi connectivity index (χ3v) is 3.22. The highest BCUT2D eigenvalue weighted by Crippen LogP contribution is 2.15. The molecule has 6 heteroatoms. The smallest absolute Gasteiger partial charge is 0.250 e. The standard InChI is InChI=1S/C19H17FN2O2S/c1-2-13-24-17-10-8-16(9-11-17)21-19(25)22-18(23)12-5-14-3-6-15(20)7-4-14/h2-12H,1,13H2,(H2,21,22,23,25). The summed E-state index contributed by atoms with van der Waals surface area (Å²) in [6.07, 6.45) is 4.56. The van der Waals surface area contributed by atoms with Crippen LogP contribution in [0.15, 0.2) is 67.3 Å². The van der Waals surface area contributed by atoms with E-state index >= 15 is 0 Å². The Morgan fingerprint density at radius 2 is 1.84 bits per heavy atom. The molecule has 0 aliphatic heterocycles. The average Bonchev–Trinajstić information content (AvgIpc) is 2.60. The van der Waals surface area contributed by atoms with Crippen molar-refractivity contribution in [1.82, 2.24) is 5.32 Å². The molecular formula is C19H17FN2O2S. The molecule has 0 radical (unpaired) electrons. The number of ether oxygens (including phenoxy) is 1. The van der Waals surface area contributed by atoms with E-state index in [4.69, 9.17) is 17.0 Å². The number of hydrogen-bond donors (Lipinski definition) is 2. The third kappa shape index (κ3) is 6.56. The molecule has 25 heavy (non-hydrogen) atoms. The van der Waals surface area contributed by atoms with Crippen molar-refractivity contribution in [3.8, 4) is 5.75 Å². The number of benzene rings is 2. The van der Waals surface area contributed by atoms with E-state index in [0.717, 1.165) is 5.69 Å². The van der Waals surface area contributed by atoms with Crippen molar-refractivity contribution in [3.63, 3.8) is 0 Å². The van der Waals surface area contributed by atoms with E-state index in [-0.39, 0.29) is 16.8 Å². The van der Waals surface area contributed by atoms with Gasteiger partial charge in [-0.1, -0.05) is 24.8 Å². The van der Waals surface area contributed by atoms with Gasteiger partial charge in [-0.2, -0.15) is 0 Å². The Balaban J connectivity index is 1.83. The zero-order valence-electron chi connectivity index (χ0n) is 13.4. The highest BCUT2D eigenvalue weighted by Gasteiger charge is 2.02. The van der Waals surface area contributed by atoms with Crippen molar-refractivity contribution < 1.29 is 13.9 Å². The molecule has 0 saturated carbocycles. The van der Waals surface area contributed by atoms with Crippen molar-refractivity contribution >= 4 is 35.0 Å². The minimum atomic E-state index is -0.382. The fourth-order valence-electron chi connectivity index (χ4n) is 1.85. The molecule has 0 fully saturated rings. The Labute approximate surface area is 151 Å². The SMILES string of the molecule is C=CCOc1ccc(NC(=S)NC(=O)C=Cc2ccc(F)cc2)cc1. The number of thiocarbonyl (C=S) groups is 1. The maximum atomic E-state index is 12.8. The van der Waals surface area contributed by atoms with Gasteiger partial charge in [0.05, 0.1) is 0 Å². The van der Waals surface area contributed by atoms with Crippen LogP contribution in [-0.4, -0.2) is 17.6 Å². The van der Waals surface area contributed by atoms with Crippen LogP contribution in [0.1, 0.15) is 5.56 Å². The molecule has 128 valence electrons. The van der Waals surface area contributed by atoms with Crippen molar-refractivity contribution in [1.29, 1.82) is 0 Å².